The van der Waals surface area contributed by atoms with Crippen molar-refractivity contribution in [2.75, 3.05) is 31.7 Å². The number of nitrogens with one attached hydrogen (secondary N) is 1. The third-order valence-corrected chi connectivity index (χ3v) is 3.08. The lowest BCUT2D eigenvalue weighted by atomic mass is 10.0. The number of nitrogen functional groups attached to an aromatic ring is 1. The van der Waals surface area contributed by atoms with E-state index in [0.717, 1.165) is 26.2 Å². The molecule has 2 rings (SSSR count). The highest BCUT2D eigenvalue weighted by atomic mass is 16.5. The smallest absolute Gasteiger partial charge is 0.158 e. The molecule has 6 heteroatoms. The fourth-order valence-corrected chi connectivity index (χ4v) is 2.23. The van der Waals surface area contributed by atoms with Gasteiger partial charge in [0, 0.05) is 32.6 Å². The maximum atomic E-state index is 7.51. The van der Waals surface area contributed by atoms with E-state index in [0.29, 0.717) is 17.4 Å². The van der Waals surface area contributed by atoms with Crippen molar-refractivity contribution in [2.24, 2.45) is 11.7 Å². The molecule has 0 aliphatic carbocycles. The summed E-state index contributed by atoms with van der Waals surface area (Å²) >= 11 is 0. The molecule has 1 aliphatic rings. The number of ether oxygens (including phenoxy) is 1. The fourth-order valence-electron chi connectivity index (χ4n) is 2.23. The molecule has 6 nitrogen and oxygen atoms in total. The largest absolute Gasteiger partial charge is 0.382 e. The van der Waals surface area contributed by atoms with Crippen molar-refractivity contribution in [1.82, 2.24) is 9.97 Å². The van der Waals surface area contributed by atoms with E-state index < -0.39 is 0 Å². The van der Waals surface area contributed by atoms with Crippen LogP contribution < -0.4 is 10.6 Å². The highest BCUT2D eigenvalue weighted by Gasteiger charge is 2.19. The zero-order valence-corrected chi connectivity index (χ0v) is 10.6. The van der Waals surface area contributed by atoms with Crippen LogP contribution in [0.2, 0.25) is 0 Å². The summed E-state index contributed by atoms with van der Waals surface area (Å²) < 4.78 is 5.47. The summed E-state index contributed by atoms with van der Waals surface area (Å²) in [7, 11) is 1.95. The quantitative estimate of drug-likeness (QED) is 0.603. The van der Waals surface area contributed by atoms with E-state index in [1.165, 1.54) is 6.42 Å². The monoisotopic (exact) mass is 249 g/mol. The van der Waals surface area contributed by atoms with Crippen molar-refractivity contribution < 1.29 is 4.74 Å². The number of anilines is 1. The Hall–Kier alpha value is -1.69. The summed E-state index contributed by atoms with van der Waals surface area (Å²) in [5.41, 5.74) is 5.96. The predicted molar refractivity (Wildman–Crippen MR) is 69.9 cm³/mol. The van der Waals surface area contributed by atoms with Crippen LogP contribution in [0, 0.1) is 11.3 Å². The Labute approximate surface area is 107 Å². The first-order chi connectivity index (χ1) is 8.68. The topological polar surface area (TPSA) is 88.1 Å². The number of rotatable bonds is 4. The van der Waals surface area contributed by atoms with Crippen molar-refractivity contribution in [3.8, 4) is 0 Å². The maximum absolute atomic E-state index is 7.51. The van der Waals surface area contributed by atoms with Crippen LogP contribution in [-0.4, -0.2) is 42.6 Å². The van der Waals surface area contributed by atoms with Crippen LogP contribution in [0.3, 0.4) is 0 Å². The first-order valence-electron chi connectivity index (χ1n) is 6.12. The average molecular weight is 249 g/mol. The molecule has 1 aromatic rings. The standard InChI is InChI=1S/C12H19N5O/c1-17(7-9-3-2-6-18-8-9)12-10(11(13)14)15-4-5-16-12/h4-5,9H,2-3,6-8H2,1H3,(H3,13,14). The molecule has 1 unspecified atom stereocenters. The lowest BCUT2D eigenvalue weighted by Gasteiger charge is -2.28. The number of nitrogens with zero attached hydrogens (tertiary/aromatic N) is 3. The molecule has 0 amide bonds. The van der Waals surface area contributed by atoms with E-state index in [-0.39, 0.29) is 5.84 Å². The van der Waals surface area contributed by atoms with Gasteiger partial charge in [-0.05, 0) is 18.8 Å². The van der Waals surface area contributed by atoms with Crippen molar-refractivity contribution in [3.63, 3.8) is 0 Å². The van der Waals surface area contributed by atoms with E-state index in [2.05, 4.69) is 9.97 Å². The molecule has 0 aromatic carbocycles. The van der Waals surface area contributed by atoms with Gasteiger partial charge < -0.3 is 15.4 Å². The first-order valence-corrected chi connectivity index (χ1v) is 6.12. The van der Waals surface area contributed by atoms with Crippen molar-refractivity contribution in [2.45, 2.75) is 12.8 Å². The van der Waals surface area contributed by atoms with E-state index in [1.54, 1.807) is 12.4 Å². The fraction of sp³-hybridized carbons (Fsp3) is 0.583. The Bertz CT molecular complexity index is 417. The van der Waals surface area contributed by atoms with Gasteiger partial charge in [0.2, 0.25) is 0 Å². The summed E-state index contributed by atoms with van der Waals surface area (Å²) in [5, 5.41) is 7.51. The van der Waals surface area contributed by atoms with Gasteiger partial charge in [0.15, 0.2) is 5.82 Å². The molecule has 0 saturated carbocycles. The second kappa shape index (κ2) is 5.77. The predicted octanol–water partition coefficient (Wildman–Crippen LogP) is 0.623. The van der Waals surface area contributed by atoms with E-state index in [9.17, 15) is 0 Å². The van der Waals surface area contributed by atoms with Gasteiger partial charge in [-0.1, -0.05) is 0 Å². The molecule has 0 bridgehead atoms. The van der Waals surface area contributed by atoms with Crippen molar-refractivity contribution in [1.29, 1.82) is 5.41 Å². The molecule has 98 valence electrons. The van der Waals surface area contributed by atoms with Crippen LogP contribution in [-0.2, 0) is 4.74 Å². The molecule has 1 atom stereocenters. The van der Waals surface area contributed by atoms with Crippen molar-refractivity contribution in [3.05, 3.63) is 18.1 Å². The summed E-state index contributed by atoms with van der Waals surface area (Å²) in [6, 6.07) is 0. The lowest BCUT2D eigenvalue weighted by molar-refractivity contribution is 0.0576. The molecule has 0 radical (unpaired) electrons. The number of aromatic nitrogens is 2. The second-order valence-electron chi connectivity index (χ2n) is 4.61. The average Bonchev–Trinajstić information content (AvgIpc) is 2.40. The molecule has 1 aliphatic heterocycles. The third kappa shape index (κ3) is 2.95. The van der Waals surface area contributed by atoms with Gasteiger partial charge in [0.05, 0.1) is 6.61 Å². The number of hydrogen-bond acceptors (Lipinski definition) is 5. The van der Waals surface area contributed by atoms with Crippen LogP contribution in [0.5, 0.6) is 0 Å². The van der Waals surface area contributed by atoms with Crippen LogP contribution in [0.4, 0.5) is 5.82 Å². The van der Waals surface area contributed by atoms with Gasteiger partial charge in [-0.2, -0.15) is 0 Å². The lowest BCUT2D eigenvalue weighted by Crippen LogP contribution is -2.33. The van der Waals surface area contributed by atoms with Gasteiger partial charge in [0.1, 0.15) is 11.5 Å². The highest BCUT2D eigenvalue weighted by Crippen LogP contribution is 2.19. The molecule has 1 saturated heterocycles. The van der Waals surface area contributed by atoms with Crippen LogP contribution in [0.1, 0.15) is 18.5 Å². The van der Waals surface area contributed by atoms with Gasteiger partial charge in [-0.15, -0.1) is 0 Å². The number of hydrogen-bond donors (Lipinski definition) is 2. The Morgan fingerprint density at radius 2 is 2.33 bits per heavy atom. The van der Waals surface area contributed by atoms with E-state index in [4.69, 9.17) is 15.9 Å². The summed E-state index contributed by atoms with van der Waals surface area (Å²) in [6.07, 6.45) is 5.45. The number of nitrogens with two attached hydrogens (primary N) is 1. The highest BCUT2D eigenvalue weighted by molar-refractivity contribution is 5.97. The van der Waals surface area contributed by atoms with Gasteiger partial charge >= 0.3 is 0 Å². The van der Waals surface area contributed by atoms with Crippen LogP contribution >= 0.6 is 0 Å². The molecule has 2 heterocycles. The Balaban J connectivity index is 2.08. The van der Waals surface area contributed by atoms with Crippen LogP contribution in [0.15, 0.2) is 12.4 Å². The van der Waals surface area contributed by atoms with Crippen molar-refractivity contribution >= 4 is 11.7 Å². The maximum Gasteiger partial charge on any atom is 0.158 e. The van der Waals surface area contributed by atoms with Crippen LogP contribution in [0.25, 0.3) is 0 Å². The Kier molecular flexibility index (Phi) is 4.09. The minimum atomic E-state index is -0.0511. The Morgan fingerprint density at radius 3 is 3.00 bits per heavy atom. The van der Waals surface area contributed by atoms with E-state index in [1.807, 2.05) is 11.9 Å². The molecular formula is C12H19N5O. The molecular weight excluding hydrogens is 230 g/mol. The zero-order valence-electron chi connectivity index (χ0n) is 10.6. The third-order valence-electron chi connectivity index (χ3n) is 3.08. The molecule has 3 N–H and O–H groups in total. The SMILES string of the molecule is CN(CC1CCCOC1)c1nccnc1C(=N)N. The first kappa shape index (κ1) is 12.8. The van der Waals surface area contributed by atoms with Gasteiger partial charge in [-0.3, -0.25) is 5.41 Å². The zero-order chi connectivity index (χ0) is 13.0. The van der Waals surface area contributed by atoms with E-state index >= 15 is 0 Å². The molecule has 0 spiro atoms. The number of amidine groups is 1. The minimum Gasteiger partial charge on any atom is -0.382 e. The molecule has 18 heavy (non-hydrogen) atoms. The molecule has 1 aromatic heterocycles. The normalized spacial score (nSPS) is 19.5. The summed E-state index contributed by atoms with van der Waals surface area (Å²) in [6.45, 7) is 2.50. The molecule has 1 fully saturated rings. The second-order valence-corrected chi connectivity index (χ2v) is 4.61. The minimum absolute atomic E-state index is 0.0511. The van der Waals surface area contributed by atoms with Gasteiger partial charge in [-0.25, -0.2) is 9.97 Å². The summed E-state index contributed by atoms with van der Waals surface area (Å²) in [4.78, 5) is 10.4. The Morgan fingerprint density at radius 1 is 1.56 bits per heavy atom. The van der Waals surface area contributed by atoms with Gasteiger partial charge in [0.25, 0.3) is 0 Å². The summed E-state index contributed by atoms with van der Waals surface area (Å²) in [5.74, 6) is 1.12.